The Balaban J connectivity index is 2.91. The van der Waals surface area contributed by atoms with E-state index in [2.05, 4.69) is 5.32 Å². The Morgan fingerprint density at radius 2 is 2.14 bits per heavy atom. The van der Waals surface area contributed by atoms with Crippen LogP contribution in [0.15, 0.2) is 18.2 Å². The molecule has 0 aliphatic heterocycles. The highest BCUT2D eigenvalue weighted by Gasteiger charge is 2.21. The van der Waals surface area contributed by atoms with Crippen LogP contribution < -0.4 is 5.32 Å². The molecule has 21 heavy (non-hydrogen) atoms. The van der Waals surface area contributed by atoms with Crippen LogP contribution in [0.4, 0.5) is 5.69 Å². The third kappa shape index (κ3) is 4.99. The molecule has 0 fully saturated rings. The quantitative estimate of drug-likeness (QED) is 0.619. The van der Waals surface area contributed by atoms with Crippen LogP contribution in [0.25, 0.3) is 0 Å². The lowest BCUT2D eigenvalue weighted by Gasteiger charge is -2.22. The number of hydrogen-bond donors (Lipinski definition) is 1. The van der Waals surface area contributed by atoms with Gasteiger partial charge >= 0.3 is 0 Å². The van der Waals surface area contributed by atoms with Crippen LogP contribution >= 0.6 is 11.6 Å². The zero-order valence-corrected chi connectivity index (χ0v) is 13.0. The third-order valence-electron chi connectivity index (χ3n) is 3.03. The molecule has 1 atom stereocenters. The fourth-order valence-corrected chi connectivity index (χ4v) is 1.90. The van der Waals surface area contributed by atoms with Gasteiger partial charge in [-0.05, 0) is 18.9 Å². The highest BCUT2D eigenvalue weighted by molar-refractivity contribution is 6.33. The van der Waals surface area contributed by atoms with Gasteiger partial charge in [-0.3, -0.25) is 14.9 Å². The molecule has 0 heterocycles. The highest BCUT2D eigenvalue weighted by atomic mass is 35.5. The molecule has 0 spiro atoms. The number of halogens is 1. The Kier molecular flexibility index (Phi) is 6.58. The maximum atomic E-state index is 12.2. The van der Waals surface area contributed by atoms with E-state index in [4.69, 9.17) is 16.3 Å². The standard InChI is InChI=1S/C14H19ClN2O4/c1-4-21-8-13(9(2)3)16-14(18)11-7-10(17(19)20)5-6-12(11)15/h5-7,9,13H,4,8H2,1-3H3,(H,16,18). The second-order valence-corrected chi connectivity index (χ2v) is 5.31. The number of nitrogens with one attached hydrogen (secondary N) is 1. The molecule has 0 aliphatic rings. The minimum absolute atomic E-state index is 0.0908. The van der Waals surface area contributed by atoms with Crippen LogP contribution in [0.5, 0.6) is 0 Å². The van der Waals surface area contributed by atoms with Crippen molar-refractivity contribution in [2.75, 3.05) is 13.2 Å². The van der Waals surface area contributed by atoms with Gasteiger partial charge in [-0.25, -0.2) is 0 Å². The van der Waals surface area contributed by atoms with E-state index in [-0.39, 0.29) is 28.2 Å². The molecule has 1 N–H and O–H groups in total. The second kappa shape index (κ2) is 7.95. The van der Waals surface area contributed by atoms with E-state index < -0.39 is 10.8 Å². The number of carbonyl (C=O) groups is 1. The van der Waals surface area contributed by atoms with Crippen molar-refractivity contribution < 1.29 is 14.5 Å². The van der Waals surface area contributed by atoms with Crippen molar-refractivity contribution in [1.29, 1.82) is 0 Å². The molecule has 0 bridgehead atoms. The van der Waals surface area contributed by atoms with Gasteiger partial charge in [0.2, 0.25) is 0 Å². The summed E-state index contributed by atoms with van der Waals surface area (Å²) in [6.45, 7) is 6.72. The number of rotatable bonds is 7. The smallest absolute Gasteiger partial charge is 0.270 e. The second-order valence-electron chi connectivity index (χ2n) is 4.90. The van der Waals surface area contributed by atoms with Crippen molar-refractivity contribution in [2.45, 2.75) is 26.8 Å². The van der Waals surface area contributed by atoms with E-state index in [0.29, 0.717) is 13.2 Å². The van der Waals surface area contributed by atoms with Crippen LogP contribution in [0, 0.1) is 16.0 Å². The van der Waals surface area contributed by atoms with Gasteiger partial charge in [-0.15, -0.1) is 0 Å². The van der Waals surface area contributed by atoms with Gasteiger partial charge in [-0.1, -0.05) is 25.4 Å². The number of ether oxygens (including phenoxy) is 1. The number of nitro groups is 1. The maximum Gasteiger partial charge on any atom is 0.270 e. The fourth-order valence-electron chi connectivity index (χ4n) is 1.69. The average molecular weight is 315 g/mol. The predicted molar refractivity (Wildman–Crippen MR) is 80.7 cm³/mol. The highest BCUT2D eigenvalue weighted by Crippen LogP contribution is 2.22. The van der Waals surface area contributed by atoms with Crippen molar-refractivity contribution in [3.05, 3.63) is 38.9 Å². The summed E-state index contributed by atoms with van der Waals surface area (Å²) in [6, 6.07) is 3.60. The summed E-state index contributed by atoms with van der Waals surface area (Å²) in [5, 5.41) is 13.8. The van der Waals surface area contributed by atoms with E-state index in [1.807, 2.05) is 20.8 Å². The zero-order chi connectivity index (χ0) is 16.0. The molecule has 1 amide bonds. The molecule has 0 aliphatic carbocycles. The van der Waals surface area contributed by atoms with Gasteiger partial charge in [0.25, 0.3) is 11.6 Å². The average Bonchev–Trinajstić information content (AvgIpc) is 2.42. The Morgan fingerprint density at radius 3 is 2.67 bits per heavy atom. The van der Waals surface area contributed by atoms with Gasteiger partial charge in [0.05, 0.1) is 28.2 Å². The van der Waals surface area contributed by atoms with Crippen LogP contribution in [0.3, 0.4) is 0 Å². The Labute approximate surface area is 128 Å². The minimum atomic E-state index is -0.562. The first-order valence-corrected chi connectivity index (χ1v) is 7.07. The Hall–Kier alpha value is -1.66. The van der Waals surface area contributed by atoms with E-state index in [0.717, 1.165) is 0 Å². The topological polar surface area (TPSA) is 81.5 Å². The fraction of sp³-hybridized carbons (Fsp3) is 0.500. The van der Waals surface area contributed by atoms with E-state index in [1.54, 1.807) is 0 Å². The number of non-ortho nitro benzene ring substituents is 1. The molecule has 1 aromatic carbocycles. The van der Waals surface area contributed by atoms with Gasteiger partial charge in [0.15, 0.2) is 0 Å². The van der Waals surface area contributed by atoms with Gasteiger partial charge in [-0.2, -0.15) is 0 Å². The summed E-state index contributed by atoms with van der Waals surface area (Å²) in [4.78, 5) is 22.5. The number of nitrogens with zero attached hydrogens (tertiary/aromatic N) is 1. The summed E-state index contributed by atoms with van der Waals surface area (Å²) in [5.41, 5.74) is -0.0801. The summed E-state index contributed by atoms with van der Waals surface area (Å²) >= 11 is 5.95. The predicted octanol–water partition coefficient (Wildman–Crippen LogP) is 3.04. The SMILES string of the molecule is CCOCC(NC(=O)c1cc([N+](=O)[O-])ccc1Cl)C(C)C. The first-order valence-electron chi connectivity index (χ1n) is 6.69. The number of amides is 1. The van der Waals surface area contributed by atoms with Crippen LogP contribution in [-0.4, -0.2) is 30.1 Å². The lowest BCUT2D eigenvalue weighted by Crippen LogP contribution is -2.42. The Bertz CT molecular complexity index is 520. The molecular weight excluding hydrogens is 296 g/mol. The molecule has 116 valence electrons. The van der Waals surface area contributed by atoms with Gasteiger partial charge in [0, 0.05) is 18.7 Å². The molecule has 6 nitrogen and oxygen atoms in total. The molecule has 1 aromatic rings. The van der Waals surface area contributed by atoms with E-state index >= 15 is 0 Å². The number of hydrogen-bond acceptors (Lipinski definition) is 4. The largest absolute Gasteiger partial charge is 0.380 e. The zero-order valence-electron chi connectivity index (χ0n) is 12.3. The lowest BCUT2D eigenvalue weighted by molar-refractivity contribution is -0.384. The van der Waals surface area contributed by atoms with Crippen molar-refractivity contribution in [2.24, 2.45) is 5.92 Å². The molecular formula is C14H19ClN2O4. The molecule has 1 rings (SSSR count). The number of nitro benzene ring substituents is 1. The third-order valence-corrected chi connectivity index (χ3v) is 3.36. The van der Waals surface area contributed by atoms with Crippen molar-refractivity contribution in [1.82, 2.24) is 5.32 Å². The number of carbonyl (C=O) groups excluding carboxylic acids is 1. The van der Waals surface area contributed by atoms with Crippen molar-refractivity contribution in [3.63, 3.8) is 0 Å². The van der Waals surface area contributed by atoms with Gasteiger partial charge < -0.3 is 10.1 Å². The molecule has 0 radical (unpaired) electrons. The summed E-state index contributed by atoms with van der Waals surface area (Å²) in [6.07, 6.45) is 0. The van der Waals surface area contributed by atoms with E-state index in [1.165, 1.54) is 18.2 Å². The normalized spacial score (nSPS) is 12.2. The molecule has 0 saturated carbocycles. The maximum absolute atomic E-state index is 12.2. The summed E-state index contributed by atoms with van der Waals surface area (Å²) in [5.74, 6) is -0.278. The lowest BCUT2D eigenvalue weighted by atomic mass is 10.0. The molecule has 0 saturated heterocycles. The van der Waals surface area contributed by atoms with Crippen LogP contribution in [0.2, 0.25) is 5.02 Å². The molecule has 7 heteroatoms. The number of benzene rings is 1. The summed E-state index contributed by atoms with van der Waals surface area (Å²) in [7, 11) is 0. The van der Waals surface area contributed by atoms with Crippen LogP contribution in [-0.2, 0) is 4.74 Å². The Morgan fingerprint density at radius 1 is 1.48 bits per heavy atom. The molecule has 0 aromatic heterocycles. The van der Waals surface area contributed by atoms with Crippen LogP contribution in [0.1, 0.15) is 31.1 Å². The first kappa shape index (κ1) is 17.4. The minimum Gasteiger partial charge on any atom is -0.380 e. The summed E-state index contributed by atoms with van der Waals surface area (Å²) < 4.78 is 5.33. The first-order chi connectivity index (χ1) is 9.86. The molecule has 1 unspecified atom stereocenters. The van der Waals surface area contributed by atoms with Crippen molar-refractivity contribution >= 4 is 23.2 Å². The monoisotopic (exact) mass is 314 g/mol. The van der Waals surface area contributed by atoms with Gasteiger partial charge in [0.1, 0.15) is 0 Å². The van der Waals surface area contributed by atoms with Crippen molar-refractivity contribution in [3.8, 4) is 0 Å². The van der Waals surface area contributed by atoms with E-state index in [9.17, 15) is 14.9 Å².